The number of carbonyl (C=O) groups excluding carboxylic acids is 2. The van der Waals surface area contributed by atoms with Crippen LogP contribution in [0.1, 0.15) is 40.0 Å². The third kappa shape index (κ3) is 1.84. The number of cyclic esters (lactones) is 2. The summed E-state index contributed by atoms with van der Waals surface area (Å²) in [5.74, 6) is -1.81. The minimum Gasteiger partial charge on any atom is -0.390 e. The maximum absolute atomic E-state index is 11.8. The number of aliphatic hydroxyl groups excluding tert-OH is 1. The second-order valence-electron chi connectivity index (χ2n) is 7.39. The van der Waals surface area contributed by atoms with Crippen LogP contribution in [0.25, 0.3) is 0 Å². The smallest absolute Gasteiger partial charge is 0.345 e. The predicted octanol–water partition coefficient (Wildman–Crippen LogP) is 0.934. The first-order valence-electron chi connectivity index (χ1n) is 7.02. The molecule has 1 saturated carbocycles. The van der Waals surface area contributed by atoms with Gasteiger partial charge in [0.25, 0.3) is 0 Å². The Kier molecular flexibility index (Phi) is 2.70. The predicted molar refractivity (Wildman–Crippen MR) is 69.4 cm³/mol. The summed E-state index contributed by atoms with van der Waals surface area (Å²) in [6.45, 7) is 5.88. The van der Waals surface area contributed by atoms with Crippen LogP contribution in [0.4, 0.5) is 0 Å². The van der Waals surface area contributed by atoms with Crippen molar-refractivity contribution in [1.29, 1.82) is 0 Å². The van der Waals surface area contributed by atoms with E-state index < -0.39 is 23.6 Å². The molecule has 0 spiro atoms. The zero-order valence-electron chi connectivity index (χ0n) is 12.0. The van der Waals surface area contributed by atoms with Gasteiger partial charge in [0.1, 0.15) is 0 Å². The Morgan fingerprint density at radius 2 is 1.80 bits per heavy atom. The van der Waals surface area contributed by atoms with E-state index in [9.17, 15) is 19.8 Å². The van der Waals surface area contributed by atoms with Crippen LogP contribution < -0.4 is 0 Å². The van der Waals surface area contributed by atoms with Crippen LogP contribution in [-0.2, 0) is 14.3 Å². The topological polar surface area (TPSA) is 83.8 Å². The monoisotopic (exact) mass is 280 g/mol. The number of rotatable bonds is 0. The van der Waals surface area contributed by atoms with Gasteiger partial charge in [0.15, 0.2) is 0 Å². The van der Waals surface area contributed by atoms with Crippen LogP contribution >= 0.6 is 0 Å². The number of hydrogen-bond acceptors (Lipinski definition) is 5. The molecule has 1 heterocycles. The molecule has 20 heavy (non-hydrogen) atoms. The van der Waals surface area contributed by atoms with Gasteiger partial charge in [-0.1, -0.05) is 13.8 Å². The minimum atomic E-state index is -1.11. The van der Waals surface area contributed by atoms with E-state index in [1.54, 1.807) is 6.92 Å². The van der Waals surface area contributed by atoms with Crippen LogP contribution in [0.15, 0.2) is 11.1 Å². The number of esters is 2. The van der Waals surface area contributed by atoms with Crippen LogP contribution in [-0.4, -0.2) is 33.9 Å². The molecule has 1 aliphatic heterocycles. The van der Waals surface area contributed by atoms with Crippen molar-refractivity contribution >= 4 is 11.9 Å². The fraction of sp³-hybridized carbons (Fsp3) is 0.733. The van der Waals surface area contributed by atoms with Crippen molar-refractivity contribution in [2.24, 2.45) is 17.3 Å². The first-order valence-corrected chi connectivity index (χ1v) is 7.02. The molecule has 110 valence electrons. The molecule has 0 aromatic rings. The Hall–Kier alpha value is -1.20. The first-order chi connectivity index (χ1) is 9.12. The molecule has 1 fully saturated rings. The van der Waals surface area contributed by atoms with Crippen molar-refractivity contribution in [1.82, 2.24) is 0 Å². The average Bonchev–Trinajstić information content (AvgIpc) is 2.74. The minimum absolute atomic E-state index is 0.00485. The summed E-state index contributed by atoms with van der Waals surface area (Å²) in [6, 6.07) is 0. The third-order valence-electron chi connectivity index (χ3n) is 5.09. The van der Waals surface area contributed by atoms with Gasteiger partial charge in [0, 0.05) is 6.42 Å². The van der Waals surface area contributed by atoms with Crippen molar-refractivity contribution in [3.05, 3.63) is 11.1 Å². The molecule has 0 bridgehead atoms. The molecule has 5 nitrogen and oxygen atoms in total. The molecule has 3 aliphatic rings. The fourth-order valence-corrected chi connectivity index (χ4v) is 4.23. The summed E-state index contributed by atoms with van der Waals surface area (Å²) < 4.78 is 4.60. The number of fused-ring (bicyclic) bond motifs is 1. The summed E-state index contributed by atoms with van der Waals surface area (Å²) in [5.41, 5.74) is -0.884. The van der Waals surface area contributed by atoms with Gasteiger partial charge in [0.2, 0.25) is 0 Å². The van der Waals surface area contributed by atoms with E-state index in [0.29, 0.717) is 6.42 Å². The van der Waals surface area contributed by atoms with Gasteiger partial charge >= 0.3 is 11.9 Å². The molecule has 0 saturated heterocycles. The van der Waals surface area contributed by atoms with Crippen molar-refractivity contribution in [2.75, 3.05) is 0 Å². The normalized spacial score (nSPS) is 43.1. The Balaban J connectivity index is 2.09. The molecule has 0 aromatic heterocycles. The van der Waals surface area contributed by atoms with Crippen molar-refractivity contribution in [2.45, 2.75) is 51.7 Å². The molecule has 4 unspecified atom stereocenters. The molecule has 5 heteroatoms. The highest BCUT2D eigenvalue weighted by molar-refractivity contribution is 6.13. The summed E-state index contributed by atoms with van der Waals surface area (Å²) in [7, 11) is 0. The highest BCUT2D eigenvalue weighted by atomic mass is 16.6. The van der Waals surface area contributed by atoms with E-state index in [-0.39, 0.29) is 34.8 Å². The number of carbonyl (C=O) groups is 2. The summed E-state index contributed by atoms with van der Waals surface area (Å²) in [4.78, 5) is 23.5. The summed E-state index contributed by atoms with van der Waals surface area (Å²) in [5, 5.41) is 21.3. The van der Waals surface area contributed by atoms with Gasteiger partial charge < -0.3 is 14.9 Å². The van der Waals surface area contributed by atoms with Crippen molar-refractivity contribution in [3.63, 3.8) is 0 Å². The molecule has 0 amide bonds. The maximum Gasteiger partial charge on any atom is 0.345 e. The molecular formula is C15H20O5. The third-order valence-corrected chi connectivity index (χ3v) is 5.09. The molecule has 2 aliphatic carbocycles. The van der Waals surface area contributed by atoms with E-state index in [0.717, 1.165) is 6.42 Å². The number of ether oxygens (including phenoxy) is 1. The fourth-order valence-electron chi connectivity index (χ4n) is 4.23. The lowest BCUT2D eigenvalue weighted by Crippen LogP contribution is -2.40. The SMILES string of the molecule is CC1(C)CC2C(O)C3=C(CC(C)(O)C2C1)C(=O)OC3=O. The average molecular weight is 280 g/mol. The molecule has 0 aromatic carbocycles. The Morgan fingerprint density at radius 3 is 2.45 bits per heavy atom. The van der Waals surface area contributed by atoms with E-state index in [2.05, 4.69) is 18.6 Å². The van der Waals surface area contributed by atoms with Gasteiger partial charge in [-0.15, -0.1) is 0 Å². The van der Waals surface area contributed by atoms with Gasteiger partial charge in [-0.3, -0.25) is 0 Å². The van der Waals surface area contributed by atoms with E-state index in [4.69, 9.17) is 0 Å². The summed E-state index contributed by atoms with van der Waals surface area (Å²) >= 11 is 0. The Labute approximate surface area is 117 Å². The number of hydrogen-bond donors (Lipinski definition) is 2. The van der Waals surface area contributed by atoms with Crippen LogP contribution in [0.3, 0.4) is 0 Å². The molecule has 3 rings (SSSR count). The largest absolute Gasteiger partial charge is 0.390 e. The standard InChI is InChI=1S/C15H20O5/c1-14(2)4-7-9(6-14)15(3,19)5-8-10(11(7)16)13(18)20-12(8)17/h7,9,11,16,19H,4-6H2,1-3H3. The van der Waals surface area contributed by atoms with Gasteiger partial charge in [-0.25, -0.2) is 9.59 Å². The maximum atomic E-state index is 11.8. The van der Waals surface area contributed by atoms with Crippen molar-refractivity contribution in [3.8, 4) is 0 Å². The second-order valence-corrected chi connectivity index (χ2v) is 7.39. The highest BCUT2D eigenvalue weighted by Gasteiger charge is 2.56. The van der Waals surface area contributed by atoms with Gasteiger partial charge in [-0.05, 0) is 37.0 Å². The zero-order chi connectivity index (χ0) is 14.9. The lowest BCUT2D eigenvalue weighted by atomic mass is 9.78. The first kappa shape index (κ1) is 13.8. The summed E-state index contributed by atoms with van der Waals surface area (Å²) in [6.07, 6.45) is 0.532. The molecule has 0 radical (unpaired) electrons. The van der Waals surface area contributed by atoms with Gasteiger partial charge in [0.05, 0.1) is 22.9 Å². The lowest BCUT2D eigenvalue weighted by molar-refractivity contribution is -0.152. The van der Waals surface area contributed by atoms with Crippen LogP contribution in [0.2, 0.25) is 0 Å². The van der Waals surface area contributed by atoms with Crippen LogP contribution in [0.5, 0.6) is 0 Å². The van der Waals surface area contributed by atoms with Crippen LogP contribution in [0, 0.1) is 17.3 Å². The molecule has 4 atom stereocenters. The lowest BCUT2D eigenvalue weighted by Gasteiger charge is -2.34. The van der Waals surface area contributed by atoms with Crippen molar-refractivity contribution < 1.29 is 24.5 Å². The number of aliphatic hydroxyl groups is 2. The quantitative estimate of drug-likeness (QED) is 0.509. The highest BCUT2D eigenvalue weighted by Crippen LogP contribution is 2.55. The van der Waals surface area contributed by atoms with E-state index in [1.807, 2.05) is 0 Å². The molecular weight excluding hydrogens is 260 g/mol. The second kappa shape index (κ2) is 3.92. The Morgan fingerprint density at radius 1 is 1.15 bits per heavy atom. The van der Waals surface area contributed by atoms with Gasteiger partial charge in [-0.2, -0.15) is 0 Å². The molecule has 2 N–H and O–H groups in total. The van der Waals surface area contributed by atoms with E-state index >= 15 is 0 Å². The zero-order valence-corrected chi connectivity index (χ0v) is 12.0. The Bertz CT molecular complexity index is 528. The van der Waals surface area contributed by atoms with E-state index in [1.165, 1.54) is 0 Å².